The van der Waals surface area contributed by atoms with Gasteiger partial charge in [-0.2, -0.15) is 0 Å². The number of carbonyl (C=O) groups excluding carboxylic acids is 1. The first-order valence-electron chi connectivity index (χ1n) is 6.13. The lowest BCUT2D eigenvalue weighted by Crippen LogP contribution is -2.36. The molecule has 0 saturated heterocycles. The van der Waals surface area contributed by atoms with E-state index < -0.39 is 4.92 Å². The predicted octanol–water partition coefficient (Wildman–Crippen LogP) is 3.61. The van der Waals surface area contributed by atoms with Crippen LogP contribution in [0, 0.1) is 15.5 Å². The van der Waals surface area contributed by atoms with E-state index in [1.165, 1.54) is 18.2 Å². The molecule has 114 valence electrons. The van der Waals surface area contributed by atoms with Crippen LogP contribution in [0.1, 0.15) is 27.2 Å². The second-order valence-corrected chi connectivity index (χ2v) is 6.92. The number of benzene rings is 1. The maximum absolute atomic E-state index is 11.7. The highest BCUT2D eigenvalue weighted by Crippen LogP contribution is 2.27. The zero-order chi connectivity index (χ0) is 16.2. The molecule has 1 amide bonds. The van der Waals surface area contributed by atoms with E-state index in [0.29, 0.717) is 16.6 Å². The number of nitrogens with one attached hydrogen (secondary N) is 2. The molecule has 21 heavy (non-hydrogen) atoms. The van der Waals surface area contributed by atoms with Crippen LogP contribution in [0.4, 0.5) is 11.4 Å². The van der Waals surface area contributed by atoms with E-state index in [0.717, 1.165) is 0 Å². The number of nitro groups is 1. The molecule has 0 aliphatic heterocycles. The van der Waals surface area contributed by atoms with Gasteiger partial charge in [0.05, 0.1) is 10.6 Å². The van der Waals surface area contributed by atoms with E-state index >= 15 is 0 Å². The van der Waals surface area contributed by atoms with Gasteiger partial charge in [-0.3, -0.25) is 14.9 Å². The Labute approximate surface area is 136 Å². The molecule has 1 aromatic carbocycles. The Bertz CT molecular complexity index is 585. The first-order chi connectivity index (χ1) is 9.58. The molecule has 1 rings (SSSR count). The summed E-state index contributed by atoms with van der Waals surface area (Å²) in [6, 6.07) is 4.24. The van der Waals surface area contributed by atoms with E-state index in [4.69, 9.17) is 12.2 Å². The number of hydrogen-bond acceptors (Lipinski definition) is 4. The zero-order valence-corrected chi connectivity index (χ0v) is 14.3. The molecule has 2 N–H and O–H groups in total. The second-order valence-electron chi connectivity index (χ2n) is 5.66. The minimum Gasteiger partial charge on any atom is -0.331 e. The van der Waals surface area contributed by atoms with Gasteiger partial charge in [0.25, 0.3) is 5.69 Å². The maximum Gasteiger partial charge on any atom is 0.270 e. The smallest absolute Gasteiger partial charge is 0.270 e. The Kier molecular flexibility index (Phi) is 5.79. The third kappa shape index (κ3) is 6.17. The molecule has 0 aromatic heterocycles. The third-order valence-corrected chi connectivity index (χ3v) is 3.22. The molecule has 0 aliphatic carbocycles. The highest BCUT2D eigenvalue weighted by atomic mass is 79.9. The summed E-state index contributed by atoms with van der Waals surface area (Å²) in [5, 5.41) is 16.2. The lowest BCUT2D eigenvalue weighted by molar-refractivity contribution is -0.384. The van der Waals surface area contributed by atoms with Crippen molar-refractivity contribution in [2.75, 3.05) is 5.32 Å². The van der Waals surface area contributed by atoms with Crippen LogP contribution in [-0.2, 0) is 4.79 Å². The summed E-state index contributed by atoms with van der Waals surface area (Å²) in [6.07, 6.45) is 0.344. The number of rotatable bonds is 3. The fourth-order valence-corrected chi connectivity index (χ4v) is 2.21. The van der Waals surface area contributed by atoms with E-state index in [1.54, 1.807) is 0 Å². The van der Waals surface area contributed by atoms with Crippen molar-refractivity contribution in [1.29, 1.82) is 0 Å². The van der Waals surface area contributed by atoms with Crippen molar-refractivity contribution in [2.45, 2.75) is 27.2 Å². The van der Waals surface area contributed by atoms with Crippen LogP contribution in [0.15, 0.2) is 22.7 Å². The lowest BCUT2D eigenvalue weighted by Gasteiger charge is -2.18. The van der Waals surface area contributed by atoms with Crippen molar-refractivity contribution < 1.29 is 9.72 Å². The van der Waals surface area contributed by atoms with Crippen LogP contribution < -0.4 is 10.6 Å². The number of halogens is 1. The molecule has 0 bridgehead atoms. The Balaban J connectivity index is 2.67. The monoisotopic (exact) mass is 373 g/mol. The Hall–Kier alpha value is -1.54. The Morgan fingerprint density at radius 3 is 2.52 bits per heavy atom. The van der Waals surface area contributed by atoms with Gasteiger partial charge in [0.15, 0.2) is 5.11 Å². The molecule has 0 aliphatic rings. The summed E-state index contributed by atoms with van der Waals surface area (Å²) in [5.41, 5.74) is 0.380. The molecule has 0 unspecified atom stereocenters. The number of anilines is 1. The molecule has 0 radical (unpaired) electrons. The van der Waals surface area contributed by atoms with Gasteiger partial charge in [-0.25, -0.2) is 0 Å². The topological polar surface area (TPSA) is 84.3 Å². The molecule has 1 aromatic rings. The van der Waals surface area contributed by atoms with Gasteiger partial charge in [0.2, 0.25) is 5.91 Å². The summed E-state index contributed by atoms with van der Waals surface area (Å²) in [7, 11) is 0. The quantitative estimate of drug-likeness (QED) is 0.480. The number of nitrogens with zero attached hydrogens (tertiary/aromatic N) is 1. The first kappa shape index (κ1) is 17.5. The third-order valence-electron chi connectivity index (χ3n) is 2.36. The predicted molar refractivity (Wildman–Crippen MR) is 89.2 cm³/mol. The average Bonchev–Trinajstić information content (AvgIpc) is 2.28. The highest BCUT2D eigenvalue weighted by molar-refractivity contribution is 9.10. The Morgan fingerprint density at radius 2 is 2.05 bits per heavy atom. The summed E-state index contributed by atoms with van der Waals surface area (Å²) in [6.45, 7) is 5.86. The number of thiocarbonyl (C=S) groups is 1. The lowest BCUT2D eigenvalue weighted by atomic mass is 9.92. The first-order valence-corrected chi connectivity index (χ1v) is 7.33. The van der Waals surface area contributed by atoms with Crippen molar-refractivity contribution in [3.05, 3.63) is 32.8 Å². The van der Waals surface area contributed by atoms with Crippen LogP contribution in [-0.4, -0.2) is 15.9 Å². The minimum absolute atomic E-state index is 0.0323. The summed E-state index contributed by atoms with van der Waals surface area (Å²) >= 11 is 8.27. The number of hydrogen-bond donors (Lipinski definition) is 2. The van der Waals surface area contributed by atoms with Crippen molar-refractivity contribution in [3.63, 3.8) is 0 Å². The molecular weight excluding hydrogens is 358 g/mol. The molecular formula is C13H16BrN3O3S. The fourth-order valence-electron chi connectivity index (χ4n) is 1.53. The molecule has 8 heteroatoms. The van der Waals surface area contributed by atoms with Crippen LogP contribution in [0.5, 0.6) is 0 Å². The summed E-state index contributed by atoms with van der Waals surface area (Å²) in [5.74, 6) is -0.182. The van der Waals surface area contributed by atoms with Crippen molar-refractivity contribution in [1.82, 2.24) is 5.32 Å². The number of carbonyl (C=O) groups is 1. The molecule has 0 fully saturated rings. The standard InChI is InChI=1S/C13H16BrN3O3S/c1-13(2,3)7-11(18)16-12(21)15-10-5-4-8(17(19)20)6-9(10)14/h4-6H,7H2,1-3H3,(H2,15,16,18,21). The van der Waals surface area contributed by atoms with Gasteiger partial charge in [-0.15, -0.1) is 0 Å². The zero-order valence-electron chi connectivity index (χ0n) is 11.9. The van der Waals surface area contributed by atoms with Gasteiger partial charge < -0.3 is 10.6 Å². The Morgan fingerprint density at radius 1 is 1.43 bits per heavy atom. The molecule has 0 saturated carbocycles. The summed E-state index contributed by atoms with van der Waals surface area (Å²) < 4.78 is 0.490. The van der Waals surface area contributed by atoms with Crippen molar-refractivity contribution in [2.24, 2.45) is 5.41 Å². The van der Waals surface area contributed by atoms with Crippen LogP contribution in [0.3, 0.4) is 0 Å². The largest absolute Gasteiger partial charge is 0.331 e. The van der Waals surface area contributed by atoms with Crippen molar-refractivity contribution >= 4 is 50.5 Å². The molecule has 0 spiro atoms. The van der Waals surface area contributed by atoms with Gasteiger partial charge in [0.1, 0.15) is 0 Å². The number of nitro benzene ring substituents is 1. The molecule has 0 atom stereocenters. The number of non-ortho nitro benzene ring substituents is 1. The second kappa shape index (κ2) is 6.95. The number of amides is 1. The fraction of sp³-hybridized carbons (Fsp3) is 0.385. The van der Waals surface area contributed by atoms with Gasteiger partial charge in [-0.1, -0.05) is 20.8 Å². The van der Waals surface area contributed by atoms with E-state index in [9.17, 15) is 14.9 Å². The van der Waals surface area contributed by atoms with Gasteiger partial charge in [0, 0.05) is 23.0 Å². The van der Waals surface area contributed by atoms with E-state index in [2.05, 4.69) is 26.6 Å². The van der Waals surface area contributed by atoms with Crippen LogP contribution in [0.2, 0.25) is 0 Å². The normalized spacial score (nSPS) is 10.9. The average molecular weight is 374 g/mol. The molecule has 0 heterocycles. The van der Waals surface area contributed by atoms with E-state index in [1.807, 2.05) is 20.8 Å². The summed E-state index contributed by atoms with van der Waals surface area (Å²) in [4.78, 5) is 21.9. The minimum atomic E-state index is -0.488. The van der Waals surface area contributed by atoms with Crippen LogP contribution in [0.25, 0.3) is 0 Å². The van der Waals surface area contributed by atoms with Gasteiger partial charge in [-0.05, 0) is 39.6 Å². The SMILES string of the molecule is CC(C)(C)CC(=O)NC(=S)Nc1ccc([N+](=O)[O-])cc1Br. The highest BCUT2D eigenvalue weighted by Gasteiger charge is 2.17. The van der Waals surface area contributed by atoms with Crippen LogP contribution >= 0.6 is 28.1 Å². The van der Waals surface area contributed by atoms with Crippen molar-refractivity contribution in [3.8, 4) is 0 Å². The molecule has 6 nitrogen and oxygen atoms in total. The van der Waals surface area contributed by atoms with E-state index in [-0.39, 0.29) is 22.1 Å². The maximum atomic E-state index is 11.7. The van der Waals surface area contributed by atoms with Gasteiger partial charge >= 0.3 is 0 Å².